The van der Waals surface area contributed by atoms with Gasteiger partial charge in [0.2, 0.25) is 0 Å². The molecule has 0 spiro atoms. The highest BCUT2D eigenvalue weighted by molar-refractivity contribution is 9.10. The van der Waals surface area contributed by atoms with E-state index in [4.69, 9.17) is 0 Å². The van der Waals surface area contributed by atoms with Crippen molar-refractivity contribution in [2.45, 2.75) is 32.5 Å². The number of ether oxygens (including phenoxy) is 1. The second-order valence-corrected chi connectivity index (χ2v) is 7.42. The molecule has 0 saturated heterocycles. The van der Waals surface area contributed by atoms with Crippen LogP contribution in [0.2, 0.25) is 0 Å². The number of carbonyl (C=O) groups excluding carboxylic acids is 2. The number of ketones is 1. The Morgan fingerprint density at radius 1 is 1.23 bits per heavy atom. The first-order valence-corrected chi connectivity index (χ1v) is 8.44. The molecule has 22 heavy (non-hydrogen) atoms. The minimum absolute atomic E-state index is 0.0128. The number of fused-ring (bicyclic) bond motifs is 1. The third-order valence-corrected chi connectivity index (χ3v) is 5.12. The lowest BCUT2D eigenvalue weighted by Gasteiger charge is -2.13. The maximum atomic E-state index is 12.6. The molecule has 1 N–H and O–H groups in total. The van der Waals surface area contributed by atoms with E-state index in [1.807, 2.05) is 20.8 Å². The second-order valence-electron chi connectivity index (χ2n) is 5.04. The second kappa shape index (κ2) is 6.34. The van der Waals surface area contributed by atoms with Crippen LogP contribution in [0.25, 0.3) is 10.2 Å². The number of nitrogens with zero attached hydrogens (tertiary/aromatic N) is 1. The van der Waals surface area contributed by atoms with Gasteiger partial charge in [0.25, 0.3) is 0 Å². The molecule has 1 aromatic carbocycles. The molecule has 1 atom stereocenters. The fraction of sp³-hybridized carbons (Fsp3) is 0.400. The minimum atomic E-state index is -0.577. The first-order valence-electron chi connectivity index (χ1n) is 6.71. The maximum absolute atomic E-state index is 12.6. The molecule has 1 amide bonds. The van der Waals surface area contributed by atoms with Crippen molar-refractivity contribution in [1.82, 2.24) is 4.98 Å². The van der Waals surface area contributed by atoms with Crippen molar-refractivity contribution < 1.29 is 14.3 Å². The number of hydrogen-bond acceptors (Lipinski definition) is 5. The average molecular weight is 385 g/mol. The van der Waals surface area contributed by atoms with E-state index < -0.39 is 6.09 Å². The number of alkyl halides is 1. The number of halogens is 1. The van der Waals surface area contributed by atoms with Gasteiger partial charge in [0.05, 0.1) is 22.2 Å². The molecule has 1 aromatic heterocycles. The molecule has 118 valence electrons. The van der Waals surface area contributed by atoms with Crippen LogP contribution in [0.3, 0.4) is 0 Å². The van der Waals surface area contributed by atoms with E-state index in [0.29, 0.717) is 10.7 Å². The molecule has 1 unspecified atom stereocenters. The van der Waals surface area contributed by atoms with Gasteiger partial charge in [-0.1, -0.05) is 27.3 Å². The van der Waals surface area contributed by atoms with Crippen LogP contribution in [0.15, 0.2) is 0 Å². The molecular formula is C15H17BrN2O3S. The maximum Gasteiger partial charge on any atom is 0.413 e. The monoisotopic (exact) mass is 384 g/mol. The van der Waals surface area contributed by atoms with Crippen molar-refractivity contribution in [2.75, 3.05) is 12.4 Å². The number of amides is 1. The minimum Gasteiger partial charge on any atom is -0.453 e. The summed E-state index contributed by atoms with van der Waals surface area (Å²) in [5, 5.41) is 2.99. The van der Waals surface area contributed by atoms with Gasteiger partial charge in [-0.05, 0) is 44.4 Å². The van der Waals surface area contributed by atoms with Crippen LogP contribution in [0, 0.1) is 20.8 Å². The predicted octanol–water partition coefficient (Wildman–Crippen LogP) is 4.37. The zero-order valence-electron chi connectivity index (χ0n) is 13.0. The SMILES string of the molecule is COC(=O)Nc1nc2c(C)c(C)c(C)c(C(=O)C(C)Br)c2s1. The van der Waals surface area contributed by atoms with Gasteiger partial charge in [-0.3, -0.25) is 10.1 Å². The Morgan fingerprint density at radius 2 is 1.86 bits per heavy atom. The van der Waals surface area contributed by atoms with Gasteiger partial charge in [-0.25, -0.2) is 9.78 Å². The smallest absolute Gasteiger partial charge is 0.413 e. The number of hydrogen-bond donors (Lipinski definition) is 1. The largest absolute Gasteiger partial charge is 0.453 e. The van der Waals surface area contributed by atoms with Crippen molar-refractivity contribution in [2.24, 2.45) is 0 Å². The van der Waals surface area contributed by atoms with Crippen molar-refractivity contribution >= 4 is 54.5 Å². The number of benzene rings is 1. The highest BCUT2D eigenvalue weighted by atomic mass is 79.9. The van der Waals surface area contributed by atoms with Crippen molar-refractivity contribution in [3.05, 3.63) is 22.3 Å². The molecule has 0 radical (unpaired) electrons. The Bertz CT molecular complexity index is 768. The average Bonchev–Trinajstić information content (AvgIpc) is 2.88. The van der Waals surface area contributed by atoms with Gasteiger partial charge in [-0.2, -0.15) is 0 Å². The van der Waals surface area contributed by atoms with Gasteiger partial charge in [0.15, 0.2) is 10.9 Å². The quantitative estimate of drug-likeness (QED) is 0.630. The van der Waals surface area contributed by atoms with E-state index in [2.05, 4.69) is 31.0 Å². The Hall–Kier alpha value is -1.47. The van der Waals surface area contributed by atoms with E-state index in [1.54, 1.807) is 6.92 Å². The first-order chi connectivity index (χ1) is 10.3. The zero-order chi connectivity index (χ0) is 16.6. The molecule has 7 heteroatoms. The molecule has 0 aliphatic rings. The molecule has 2 rings (SSSR count). The highest BCUT2D eigenvalue weighted by Gasteiger charge is 2.23. The predicted molar refractivity (Wildman–Crippen MR) is 92.6 cm³/mol. The van der Waals surface area contributed by atoms with Crippen LogP contribution < -0.4 is 5.32 Å². The highest BCUT2D eigenvalue weighted by Crippen LogP contribution is 2.36. The van der Waals surface area contributed by atoms with Crippen LogP contribution >= 0.6 is 27.3 Å². The molecule has 5 nitrogen and oxygen atoms in total. The summed E-state index contributed by atoms with van der Waals surface area (Å²) in [5.41, 5.74) is 4.42. The van der Waals surface area contributed by atoms with Gasteiger partial charge in [-0.15, -0.1) is 0 Å². The van der Waals surface area contributed by atoms with Gasteiger partial charge in [0.1, 0.15) is 0 Å². The summed E-state index contributed by atoms with van der Waals surface area (Å²) < 4.78 is 5.38. The van der Waals surface area contributed by atoms with Crippen LogP contribution in [-0.2, 0) is 4.74 Å². The molecule has 1 heterocycles. The zero-order valence-corrected chi connectivity index (χ0v) is 15.4. The van der Waals surface area contributed by atoms with E-state index in [9.17, 15) is 9.59 Å². The number of nitrogens with one attached hydrogen (secondary N) is 1. The standard InChI is InChI=1S/C15H17BrN2O3S/c1-6-7(2)10(12(19)9(4)16)13-11(8(6)3)17-14(22-13)18-15(20)21-5/h9H,1-5H3,(H,17,18,20). The van der Waals surface area contributed by atoms with Crippen LogP contribution in [0.1, 0.15) is 34.0 Å². The number of anilines is 1. The number of thiazole rings is 1. The first kappa shape index (κ1) is 16.9. The summed E-state index contributed by atoms with van der Waals surface area (Å²) in [6.45, 7) is 7.69. The summed E-state index contributed by atoms with van der Waals surface area (Å²) in [6.07, 6.45) is -0.577. The van der Waals surface area contributed by atoms with Gasteiger partial charge in [0, 0.05) is 5.56 Å². The lowest BCUT2D eigenvalue weighted by Crippen LogP contribution is -2.13. The lowest BCUT2D eigenvalue weighted by atomic mass is 9.94. The summed E-state index contributed by atoms with van der Waals surface area (Å²) in [5.74, 6) is 0.0128. The Labute approximate surface area is 141 Å². The third kappa shape index (κ3) is 2.87. The van der Waals surface area contributed by atoms with Crippen LogP contribution in [0.5, 0.6) is 0 Å². The number of aromatic nitrogens is 1. The summed E-state index contributed by atoms with van der Waals surface area (Å²) >= 11 is 4.63. The Kier molecular flexibility index (Phi) is 4.87. The van der Waals surface area contributed by atoms with Crippen molar-refractivity contribution in [3.63, 3.8) is 0 Å². The summed E-state index contributed by atoms with van der Waals surface area (Å²) in [7, 11) is 1.30. The Balaban J connectivity index is 2.72. The van der Waals surface area contributed by atoms with Crippen molar-refractivity contribution in [1.29, 1.82) is 0 Å². The number of carbonyl (C=O) groups is 2. The lowest BCUT2D eigenvalue weighted by molar-refractivity contribution is 0.0997. The number of Topliss-reactive ketones (excluding diaryl/α,β-unsaturated/α-hetero) is 1. The van der Waals surface area contributed by atoms with Crippen LogP contribution in [-0.4, -0.2) is 28.8 Å². The number of aryl methyl sites for hydroxylation is 1. The molecule has 2 aromatic rings. The molecule has 0 aliphatic heterocycles. The number of methoxy groups -OCH3 is 1. The Morgan fingerprint density at radius 3 is 2.41 bits per heavy atom. The van der Waals surface area contributed by atoms with Gasteiger partial charge < -0.3 is 4.74 Å². The molecule has 0 saturated carbocycles. The summed E-state index contributed by atoms with van der Waals surface area (Å²) in [6, 6.07) is 0. The molecule has 0 fully saturated rings. The number of rotatable bonds is 3. The molecular weight excluding hydrogens is 368 g/mol. The van der Waals surface area contributed by atoms with E-state index in [-0.39, 0.29) is 10.6 Å². The van der Waals surface area contributed by atoms with E-state index in [0.717, 1.165) is 26.9 Å². The van der Waals surface area contributed by atoms with Gasteiger partial charge >= 0.3 is 6.09 Å². The molecule has 0 bridgehead atoms. The fourth-order valence-corrected chi connectivity index (χ4v) is 3.59. The van der Waals surface area contributed by atoms with Crippen LogP contribution in [0.4, 0.5) is 9.93 Å². The normalized spacial score (nSPS) is 12.3. The third-order valence-electron chi connectivity index (χ3n) is 3.71. The fourth-order valence-electron chi connectivity index (χ4n) is 2.25. The topological polar surface area (TPSA) is 68.3 Å². The van der Waals surface area contributed by atoms with Crippen molar-refractivity contribution in [3.8, 4) is 0 Å². The molecule has 0 aliphatic carbocycles. The van der Waals surface area contributed by atoms with E-state index in [1.165, 1.54) is 18.4 Å². The van der Waals surface area contributed by atoms with E-state index >= 15 is 0 Å². The summed E-state index contributed by atoms with van der Waals surface area (Å²) in [4.78, 5) is 28.1.